The molecule has 0 atom stereocenters. The molecule has 24 heavy (non-hydrogen) atoms. The van der Waals surface area contributed by atoms with Gasteiger partial charge in [0.2, 0.25) is 0 Å². The Bertz CT molecular complexity index is 717. The molecule has 1 aromatic rings. The van der Waals surface area contributed by atoms with Gasteiger partial charge in [-0.15, -0.1) is 12.4 Å². The van der Waals surface area contributed by atoms with Crippen LogP contribution in [0.25, 0.3) is 0 Å². The van der Waals surface area contributed by atoms with Crippen LogP contribution >= 0.6 is 12.4 Å². The quantitative estimate of drug-likeness (QED) is 0.862. The molecule has 1 aromatic carbocycles. The van der Waals surface area contributed by atoms with E-state index in [-0.39, 0.29) is 23.2 Å². The highest BCUT2D eigenvalue weighted by Gasteiger charge is 2.38. The van der Waals surface area contributed by atoms with Gasteiger partial charge in [-0.1, -0.05) is 6.07 Å². The van der Waals surface area contributed by atoms with E-state index in [1.165, 1.54) is 18.7 Å². The summed E-state index contributed by atoms with van der Waals surface area (Å²) in [6.45, 7) is 5.38. The molecule has 0 saturated carbocycles. The zero-order valence-electron chi connectivity index (χ0n) is 14.2. The summed E-state index contributed by atoms with van der Waals surface area (Å²) in [4.78, 5) is 14.8. The van der Waals surface area contributed by atoms with E-state index >= 15 is 0 Å². The van der Waals surface area contributed by atoms with Gasteiger partial charge in [-0.2, -0.15) is 0 Å². The van der Waals surface area contributed by atoms with Crippen LogP contribution in [0, 0.1) is 12.3 Å². The maximum atomic E-state index is 12.7. The zero-order chi connectivity index (χ0) is 16.7. The van der Waals surface area contributed by atoms with Gasteiger partial charge in [-0.25, -0.2) is 8.42 Å². The molecule has 2 saturated heterocycles. The summed E-state index contributed by atoms with van der Waals surface area (Å²) in [7, 11) is -3.32. The molecule has 7 heteroatoms. The van der Waals surface area contributed by atoms with Gasteiger partial charge in [-0.05, 0) is 55.8 Å². The molecule has 2 aliphatic rings. The summed E-state index contributed by atoms with van der Waals surface area (Å²) < 4.78 is 23.7. The van der Waals surface area contributed by atoms with Crippen LogP contribution in [0.3, 0.4) is 0 Å². The molecule has 1 amide bonds. The minimum Gasteiger partial charge on any atom is -0.339 e. The molecule has 0 radical (unpaired) electrons. The Morgan fingerprint density at radius 1 is 1.21 bits per heavy atom. The highest BCUT2D eigenvalue weighted by Crippen LogP contribution is 2.37. The predicted octanol–water partition coefficient (Wildman–Crippen LogP) is 2.04. The van der Waals surface area contributed by atoms with Crippen LogP contribution < -0.4 is 5.32 Å². The average molecular weight is 373 g/mol. The number of carbonyl (C=O) groups is 1. The standard InChI is InChI=1S/C17H24N2O3S.ClH/c1-13-3-4-14(11-15(13)23(2,21)22)16(20)19-9-6-17(7-10-19)5-8-18-12-17;/h3-4,11,18H,5-10,12H2,1-2H3;1H. The van der Waals surface area contributed by atoms with Gasteiger partial charge in [0.05, 0.1) is 4.90 Å². The zero-order valence-corrected chi connectivity index (χ0v) is 15.8. The van der Waals surface area contributed by atoms with E-state index in [0.29, 0.717) is 16.5 Å². The van der Waals surface area contributed by atoms with Crippen LogP contribution in [0.1, 0.15) is 35.2 Å². The number of hydrogen-bond acceptors (Lipinski definition) is 4. The van der Waals surface area contributed by atoms with Crippen molar-refractivity contribution in [3.05, 3.63) is 29.3 Å². The first-order chi connectivity index (χ1) is 10.8. The van der Waals surface area contributed by atoms with E-state index in [4.69, 9.17) is 0 Å². The monoisotopic (exact) mass is 372 g/mol. The third-order valence-corrected chi connectivity index (χ3v) is 6.52. The van der Waals surface area contributed by atoms with Crippen molar-refractivity contribution in [3.8, 4) is 0 Å². The second-order valence-electron chi connectivity index (χ2n) is 6.97. The molecule has 2 fully saturated rings. The molecule has 134 valence electrons. The predicted molar refractivity (Wildman–Crippen MR) is 96.6 cm³/mol. The lowest BCUT2D eigenvalue weighted by Crippen LogP contribution is -2.44. The molecule has 5 nitrogen and oxygen atoms in total. The van der Waals surface area contributed by atoms with E-state index in [0.717, 1.165) is 39.0 Å². The first kappa shape index (κ1) is 19.2. The summed E-state index contributed by atoms with van der Waals surface area (Å²) in [5, 5.41) is 3.42. The number of aryl methyl sites for hydroxylation is 1. The summed E-state index contributed by atoms with van der Waals surface area (Å²) in [5.74, 6) is -0.0595. The van der Waals surface area contributed by atoms with Gasteiger partial charge < -0.3 is 10.2 Å². The van der Waals surface area contributed by atoms with Crippen molar-refractivity contribution in [2.24, 2.45) is 5.41 Å². The number of sulfone groups is 1. The number of benzene rings is 1. The van der Waals surface area contributed by atoms with Gasteiger partial charge in [0, 0.05) is 31.5 Å². The number of nitrogens with zero attached hydrogens (tertiary/aromatic N) is 1. The van der Waals surface area contributed by atoms with Crippen LogP contribution in [0.5, 0.6) is 0 Å². The lowest BCUT2D eigenvalue weighted by molar-refractivity contribution is 0.0607. The van der Waals surface area contributed by atoms with Crippen LogP contribution in [-0.4, -0.2) is 51.7 Å². The number of piperidine rings is 1. The average Bonchev–Trinajstić information content (AvgIpc) is 2.95. The van der Waals surface area contributed by atoms with E-state index in [9.17, 15) is 13.2 Å². The van der Waals surface area contributed by atoms with Crippen molar-refractivity contribution in [1.82, 2.24) is 10.2 Å². The molecular weight excluding hydrogens is 348 g/mol. The summed E-state index contributed by atoms with van der Waals surface area (Å²) >= 11 is 0. The Morgan fingerprint density at radius 2 is 1.88 bits per heavy atom. The smallest absolute Gasteiger partial charge is 0.253 e. The first-order valence-electron chi connectivity index (χ1n) is 8.12. The van der Waals surface area contributed by atoms with Crippen molar-refractivity contribution in [3.63, 3.8) is 0 Å². The minimum absolute atomic E-state index is 0. The molecule has 0 aromatic heterocycles. The van der Waals surface area contributed by atoms with Gasteiger partial charge in [0.25, 0.3) is 5.91 Å². The Morgan fingerprint density at radius 3 is 2.42 bits per heavy atom. The molecule has 0 unspecified atom stereocenters. The topological polar surface area (TPSA) is 66.5 Å². The molecule has 1 spiro atoms. The second-order valence-corrected chi connectivity index (χ2v) is 8.96. The number of rotatable bonds is 2. The van der Waals surface area contributed by atoms with Gasteiger partial charge in [-0.3, -0.25) is 4.79 Å². The number of amides is 1. The maximum Gasteiger partial charge on any atom is 0.253 e. The van der Waals surface area contributed by atoms with Crippen LogP contribution in [0.2, 0.25) is 0 Å². The number of carbonyl (C=O) groups excluding carboxylic acids is 1. The Hall–Kier alpha value is -1.11. The SMILES string of the molecule is Cc1ccc(C(=O)N2CCC3(CCNC3)CC2)cc1S(C)(=O)=O.Cl. The number of nitrogens with one attached hydrogen (secondary N) is 1. The Labute approximate surface area is 150 Å². The van der Waals surface area contributed by atoms with Crippen LogP contribution in [0.4, 0.5) is 0 Å². The Balaban J connectivity index is 0.00000208. The maximum absolute atomic E-state index is 12.7. The van der Waals surface area contributed by atoms with Gasteiger partial charge in [0.1, 0.15) is 0 Å². The summed E-state index contributed by atoms with van der Waals surface area (Å²) in [5.41, 5.74) is 1.51. The fourth-order valence-electron chi connectivity index (χ4n) is 3.72. The highest BCUT2D eigenvalue weighted by atomic mass is 35.5. The molecule has 0 bridgehead atoms. The molecular formula is C17H25ClN2O3S. The van der Waals surface area contributed by atoms with Crippen LogP contribution in [0.15, 0.2) is 23.1 Å². The number of likely N-dealkylation sites (tertiary alicyclic amines) is 1. The molecule has 1 N–H and O–H groups in total. The third-order valence-electron chi connectivity index (χ3n) is 5.28. The fourth-order valence-corrected chi connectivity index (χ4v) is 4.72. The lowest BCUT2D eigenvalue weighted by atomic mass is 9.78. The Kier molecular flexibility index (Phi) is 5.62. The van der Waals surface area contributed by atoms with Crippen LogP contribution in [-0.2, 0) is 9.84 Å². The highest BCUT2D eigenvalue weighted by molar-refractivity contribution is 7.90. The summed E-state index contributed by atoms with van der Waals surface area (Å²) in [6, 6.07) is 4.97. The first-order valence-corrected chi connectivity index (χ1v) is 10.0. The minimum atomic E-state index is -3.32. The second kappa shape index (κ2) is 7.02. The van der Waals surface area contributed by atoms with Gasteiger partial charge >= 0.3 is 0 Å². The molecule has 2 aliphatic heterocycles. The van der Waals surface area contributed by atoms with E-state index in [2.05, 4.69) is 5.32 Å². The summed E-state index contributed by atoms with van der Waals surface area (Å²) in [6.07, 6.45) is 4.42. The molecule has 0 aliphatic carbocycles. The molecule has 3 rings (SSSR count). The normalized spacial score (nSPS) is 20.0. The van der Waals surface area contributed by atoms with Crippen molar-refractivity contribution >= 4 is 28.2 Å². The van der Waals surface area contributed by atoms with E-state index < -0.39 is 9.84 Å². The third kappa shape index (κ3) is 3.76. The van der Waals surface area contributed by atoms with Crippen molar-refractivity contribution in [1.29, 1.82) is 0 Å². The van der Waals surface area contributed by atoms with Crippen molar-refractivity contribution in [2.45, 2.75) is 31.1 Å². The number of halogens is 1. The largest absolute Gasteiger partial charge is 0.339 e. The van der Waals surface area contributed by atoms with Gasteiger partial charge in [0.15, 0.2) is 9.84 Å². The fraction of sp³-hybridized carbons (Fsp3) is 0.588. The van der Waals surface area contributed by atoms with Crippen molar-refractivity contribution in [2.75, 3.05) is 32.4 Å². The lowest BCUT2D eigenvalue weighted by Gasteiger charge is -2.39. The number of hydrogen-bond donors (Lipinski definition) is 1. The van der Waals surface area contributed by atoms with Crippen molar-refractivity contribution < 1.29 is 13.2 Å². The van der Waals surface area contributed by atoms with E-state index in [1.807, 2.05) is 4.90 Å². The van der Waals surface area contributed by atoms with E-state index in [1.54, 1.807) is 19.1 Å². The molecule has 2 heterocycles.